The molecule has 0 saturated carbocycles. The number of halogens is 1. The van der Waals surface area contributed by atoms with E-state index in [-0.39, 0.29) is 11.5 Å². The molecule has 1 unspecified atom stereocenters. The average Bonchev–Trinajstić information content (AvgIpc) is 2.75. The van der Waals surface area contributed by atoms with Crippen LogP contribution in [0.15, 0.2) is 45.9 Å². The van der Waals surface area contributed by atoms with Crippen molar-refractivity contribution in [2.75, 3.05) is 39.3 Å². The van der Waals surface area contributed by atoms with Crippen molar-refractivity contribution < 1.29 is 8.42 Å². The molecular formula is C22H30BrN5O2S. The second-order valence-electron chi connectivity index (χ2n) is 8.71. The Hall–Kier alpha value is -1.39. The first-order valence-corrected chi connectivity index (χ1v) is 13.0. The molecule has 1 N–H and O–H groups in total. The van der Waals surface area contributed by atoms with Crippen LogP contribution in [-0.2, 0) is 10.0 Å². The van der Waals surface area contributed by atoms with Gasteiger partial charge < -0.3 is 5.32 Å². The average molecular weight is 508 g/mol. The highest BCUT2D eigenvalue weighted by Crippen LogP contribution is 2.46. The van der Waals surface area contributed by atoms with Gasteiger partial charge in [0.2, 0.25) is 10.0 Å². The van der Waals surface area contributed by atoms with E-state index in [4.69, 9.17) is 4.98 Å². The number of nitrogens with zero attached hydrogens (tertiary/aromatic N) is 4. The minimum Gasteiger partial charge on any atom is -0.314 e. The Kier molecular flexibility index (Phi) is 6.79. The number of hydrogen-bond acceptors (Lipinski definition) is 6. The first kappa shape index (κ1) is 22.8. The van der Waals surface area contributed by atoms with Gasteiger partial charge in [-0.1, -0.05) is 19.1 Å². The Bertz CT molecular complexity index is 1020. The van der Waals surface area contributed by atoms with E-state index in [9.17, 15) is 8.42 Å². The highest BCUT2D eigenvalue weighted by molar-refractivity contribution is 9.10. The molecule has 168 valence electrons. The summed E-state index contributed by atoms with van der Waals surface area (Å²) in [6.07, 6.45) is 3.41. The summed E-state index contributed by atoms with van der Waals surface area (Å²) in [6.45, 7) is 9.07. The maximum Gasteiger partial charge on any atom is 0.244 e. The number of aromatic nitrogens is 2. The van der Waals surface area contributed by atoms with Crippen molar-refractivity contribution in [3.8, 4) is 0 Å². The fraction of sp³-hybridized carbons (Fsp3) is 0.545. The summed E-state index contributed by atoms with van der Waals surface area (Å²) in [7, 11) is -3.53. The van der Waals surface area contributed by atoms with Crippen LogP contribution in [-0.4, -0.2) is 66.9 Å². The summed E-state index contributed by atoms with van der Waals surface area (Å²) in [5.74, 6) is 0.773. The van der Waals surface area contributed by atoms with Crippen molar-refractivity contribution in [2.24, 2.45) is 5.41 Å². The van der Waals surface area contributed by atoms with E-state index in [2.05, 4.69) is 38.1 Å². The van der Waals surface area contributed by atoms with Gasteiger partial charge in [0.05, 0.1) is 16.6 Å². The van der Waals surface area contributed by atoms with Crippen LogP contribution in [0.2, 0.25) is 0 Å². The molecular weight excluding hydrogens is 478 g/mol. The number of hydrogen-bond donors (Lipinski definition) is 1. The summed E-state index contributed by atoms with van der Waals surface area (Å²) >= 11 is 3.40. The van der Waals surface area contributed by atoms with Crippen molar-refractivity contribution in [1.29, 1.82) is 0 Å². The first-order valence-electron chi connectivity index (χ1n) is 10.8. The molecule has 2 saturated heterocycles. The molecule has 0 aliphatic carbocycles. The van der Waals surface area contributed by atoms with E-state index >= 15 is 0 Å². The van der Waals surface area contributed by atoms with Crippen LogP contribution < -0.4 is 5.32 Å². The van der Waals surface area contributed by atoms with Crippen molar-refractivity contribution in [3.05, 3.63) is 52.5 Å². The molecule has 0 radical (unpaired) electrons. The SMILES string of the molecule is Cc1nccc(C(N2CCNCC2)C2(C)CCN(S(=O)(=O)c3ccccc3Br)CC2)n1. The lowest BCUT2D eigenvalue weighted by Gasteiger charge is -2.48. The number of nitrogens with one attached hydrogen (secondary N) is 1. The molecule has 3 heterocycles. The maximum absolute atomic E-state index is 13.3. The van der Waals surface area contributed by atoms with Crippen molar-refractivity contribution in [1.82, 2.24) is 24.5 Å². The normalized spacial score (nSPS) is 21.6. The predicted octanol–water partition coefficient (Wildman–Crippen LogP) is 2.98. The number of piperazine rings is 1. The largest absolute Gasteiger partial charge is 0.314 e. The van der Waals surface area contributed by atoms with Gasteiger partial charge in [-0.05, 0) is 59.3 Å². The first-order chi connectivity index (χ1) is 14.8. The minimum atomic E-state index is -3.53. The van der Waals surface area contributed by atoms with Gasteiger partial charge >= 0.3 is 0 Å². The molecule has 2 fully saturated rings. The molecule has 2 aliphatic rings. The quantitative estimate of drug-likeness (QED) is 0.669. The van der Waals surface area contributed by atoms with Gasteiger partial charge in [0.1, 0.15) is 5.82 Å². The molecule has 2 aromatic rings. The minimum absolute atomic E-state index is 0.0714. The molecule has 1 atom stereocenters. The third-order valence-corrected chi connectivity index (χ3v) is 9.48. The number of benzene rings is 1. The van der Waals surface area contributed by atoms with Crippen LogP contribution in [0, 0.1) is 12.3 Å². The van der Waals surface area contributed by atoms with Gasteiger partial charge in [0, 0.05) is 49.9 Å². The standard InChI is InChI=1S/C22H30BrN5O2S/c1-17-25-10-7-19(26-17)21(27-15-11-24-12-16-27)22(2)8-13-28(14-9-22)31(29,30)20-6-4-3-5-18(20)23/h3-7,10,21,24H,8-9,11-16H2,1-2H3. The Labute approximate surface area is 193 Å². The van der Waals surface area contributed by atoms with Gasteiger partial charge in [-0.2, -0.15) is 4.31 Å². The Morgan fingerprint density at radius 2 is 1.77 bits per heavy atom. The van der Waals surface area contributed by atoms with Crippen molar-refractivity contribution >= 4 is 26.0 Å². The van der Waals surface area contributed by atoms with Crippen LogP contribution >= 0.6 is 15.9 Å². The lowest BCUT2D eigenvalue weighted by atomic mass is 9.72. The molecule has 1 aromatic heterocycles. The Morgan fingerprint density at radius 3 is 2.42 bits per heavy atom. The van der Waals surface area contributed by atoms with E-state index in [0.29, 0.717) is 22.5 Å². The van der Waals surface area contributed by atoms with Crippen molar-refractivity contribution in [2.45, 2.75) is 37.6 Å². The highest BCUT2D eigenvalue weighted by atomic mass is 79.9. The van der Waals surface area contributed by atoms with E-state index in [0.717, 1.165) is 50.5 Å². The van der Waals surface area contributed by atoms with E-state index in [1.165, 1.54) is 0 Å². The molecule has 9 heteroatoms. The topological polar surface area (TPSA) is 78.4 Å². The van der Waals surface area contributed by atoms with E-state index < -0.39 is 10.0 Å². The van der Waals surface area contributed by atoms with Crippen molar-refractivity contribution in [3.63, 3.8) is 0 Å². The van der Waals surface area contributed by atoms with Gasteiger partial charge in [-0.15, -0.1) is 0 Å². The van der Waals surface area contributed by atoms with Crippen LogP contribution in [0.3, 0.4) is 0 Å². The zero-order valence-electron chi connectivity index (χ0n) is 18.1. The molecule has 1 aromatic carbocycles. The van der Waals surface area contributed by atoms with Crippen LogP contribution in [0.4, 0.5) is 0 Å². The van der Waals surface area contributed by atoms with Gasteiger partial charge in [0.15, 0.2) is 0 Å². The summed E-state index contributed by atoms with van der Waals surface area (Å²) < 4.78 is 28.8. The third kappa shape index (κ3) is 4.71. The third-order valence-electron chi connectivity index (χ3n) is 6.57. The molecule has 2 aliphatic heterocycles. The molecule has 4 rings (SSSR count). The molecule has 0 spiro atoms. The monoisotopic (exact) mass is 507 g/mol. The summed E-state index contributed by atoms with van der Waals surface area (Å²) in [5.41, 5.74) is 0.969. The fourth-order valence-corrected chi connectivity index (χ4v) is 7.26. The number of piperidine rings is 1. The van der Waals surface area contributed by atoms with Crippen LogP contribution in [0.5, 0.6) is 0 Å². The Morgan fingerprint density at radius 1 is 1.10 bits per heavy atom. The molecule has 0 bridgehead atoms. The second-order valence-corrected chi connectivity index (χ2v) is 11.5. The summed E-state index contributed by atoms with van der Waals surface area (Å²) in [4.78, 5) is 11.9. The number of aryl methyl sites for hydroxylation is 1. The van der Waals surface area contributed by atoms with Crippen LogP contribution in [0.25, 0.3) is 0 Å². The van der Waals surface area contributed by atoms with Gasteiger partial charge in [-0.3, -0.25) is 4.90 Å². The predicted molar refractivity (Wildman–Crippen MR) is 124 cm³/mol. The van der Waals surface area contributed by atoms with Gasteiger partial charge in [0.25, 0.3) is 0 Å². The van der Waals surface area contributed by atoms with Gasteiger partial charge in [-0.25, -0.2) is 18.4 Å². The molecule has 7 nitrogen and oxygen atoms in total. The zero-order chi connectivity index (χ0) is 22.1. The van der Waals surface area contributed by atoms with E-state index in [1.807, 2.05) is 25.3 Å². The maximum atomic E-state index is 13.3. The number of sulfonamides is 1. The molecule has 31 heavy (non-hydrogen) atoms. The Balaban J connectivity index is 1.59. The van der Waals surface area contributed by atoms with Crippen LogP contribution in [0.1, 0.15) is 37.3 Å². The fourth-order valence-electron chi connectivity index (χ4n) is 4.86. The number of rotatable bonds is 5. The zero-order valence-corrected chi connectivity index (χ0v) is 20.5. The smallest absolute Gasteiger partial charge is 0.244 e. The second kappa shape index (κ2) is 9.23. The molecule has 0 amide bonds. The lowest BCUT2D eigenvalue weighted by Crippen LogP contribution is -2.52. The summed E-state index contributed by atoms with van der Waals surface area (Å²) in [5, 5.41) is 3.43. The highest BCUT2D eigenvalue weighted by Gasteiger charge is 2.44. The lowest BCUT2D eigenvalue weighted by molar-refractivity contribution is 0.0240. The van der Waals surface area contributed by atoms with E-state index in [1.54, 1.807) is 22.5 Å². The summed E-state index contributed by atoms with van der Waals surface area (Å²) in [6, 6.07) is 9.21.